The average Bonchev–Trinajstić information content (AvgIpc) is 3.41. The molecule has 0 saturated carbocycles. The minimum Gasteiger partial charge on any atom is -0.443 e. The number of thiol groups is 1. The van der Waals surface area contributed by atoms with Crippen LogP contribution in [-0.2, 0) is 27.5 Å². The molecular formula is C27H29N7O9S. The summed E-state index contributed by atoms with van der Waals surface area (Å²) in [6, 6.07) is 10.7. The van der Waals surface area contributed by atoms with Crippen LogP contribution in [0.5, 0.6) is 0 Å². The number of non-ortho nitro benzene ring substituents is 2. The normalized spacial score (nSPS) is 18.5. The first-order valence-electron chi connectivity index (χ1n) is 13.4. The van der Waals surface area contributed by atoms with Crippen molar-refractivity contribution in [3.05, 3.63) is 79.9 Å². The van der Waals surface area contributed by atoms with Gasteiger partial charge in [-0.25, -0.2) is 9.59 Å². The molecule has 0 N–H and O–H groups in total. The Morgan fingerprint density at radius 3 is 1.77 bits per heavy atom. The van der Waals surface area contributed by atoms with E-state index in [9.17, 15) is 34.6 Å². The molecule has 0 aliphatic carbocycles. The molecule has 0 radical (unpaired) electrons. The molecule has 2 fully saturated rings. The Balaban J connectivity index is 1.20. The van der Waals surface area contributed by atoms with Crippen molar-refractivity contribution in [2.75, 3.05) is 32.7 Å². The molecule has 2 aromatic carbocycles. The Bertz CT molecular complexity index is 1430. The molecule has 0 unspecified atom stereocenters. The number of hydrogen-bond donors (Lipinski definition) is 1. The molecule has 16 nitrogen and oxygen atoms in total. The van der Waals surface area contributed by atoms with Gasteiger partial charge in [0.1, 0.15) is 19.3 Å². The molecule has 2 aromatic rings. The average molecular weight is 628 g/mol. The summed E-state index contributed by atoms with van der Waals surface area (Å²) in [5, 5.41) is 21.4. The van der Waals surface area contributed by atoms with Gasteiger partial charge in [0.25, 0.3) is 11.4 Å². The quantitative estimate of drug-likeness (QED) is 0.141. The first kappa shape index (κ1) is 31.9. The Labute approximate surface area is 256 Å². The summed E-state index contributed by atoms with van der Waals surface area (Å²) in [6.07, 6.45) is 1.43. The van der Waals surface area contributed by atoms with Crippen LogP contribution < -0.4 is 0 Å². The van der Waals surface area contributed by atoms with Crippen LogP contribution in [0.25, 0.3) is 0 Å². The van der Waals surface area contributed by atoms with Crippen LogP contribution in [0.2, 0.25) is 0 Å². The van der Waals surface area contributed by atoms with Crippen molar-refractivity contribution in [3.8, 4) is 0 Å². The molecule has 0 aromatic heterocycles. The maximum absolute atomic E-state index is 13.3. The molecule has 232 valence electrons. The van der Waals surface area contributed by atoms with Crippen LogP contribution in [0, 0.1) is 20.2 Å². The first-order chi connectivity index (χ1) is 21.1. The molecule has 2 aliphatic rings. The van der Waals surface area contributed by atoms with Crippen molar-refractivity contribution in [2.45, 2.75) is 30.9 Å². The summed E-state index contributed by atoms with van der Waals surface area (Å²) in [5.74, 6) is -0.133. The molecule has 17 heteroatoms. The fourth-order valence-corrected chi connectivity index (χ4v) is 4.91. The van der Waals surface area contributed by atoms with Gasteiger partial charge < -0.3 is 24.2 Å². The van der Waals surface area contributed by atoms with Gasteiger partial charge in [-0.15, -0.1) is 0 Å². The highest BCUT2D eigenvalue weighted by Crippen LogP contribution is 2.23. The zero-order valence-corrected chi connectivity index (χ0v) is 24.2. The van der Waals surface area contributed by atoms with E-state index in [0.29, 0.717) is 50.3 Å². The molecule has 2 heterocycles. The summed E-state index contributed by atoms with van der Waals surface area (Å²) >= 11 is 4.51. The summed E-state index contributed by atoms with van der Waals surface area (Å²) in [4.78, 5) is 70.6. The summed E-state index contributed by atoms with van der Waals surface area (Å²) in [6.45, 7) is 1.86. The predicted molar refractivity (Wildman–Crippen MR) is 160 cm³/mol. The van der Waals surface area contributed by atoms with Gasteiger partial charge in [-0.2, -0.15) is 22.6 Å². The van der Waals surface area contributed by atoms with E-state index < -0.39 is 28.1 Å². The molecule has 4 rings (SSSR count). The molecule has 0 spiro atoms. The lowest BCUT2D eigenvalue weighted by Crippen LogP contribution is -2.53. The molecule has 2 saturated heterocycles. The summed E-state index contributed by atoms with van der Waals surface area (Å²) in [5.41, 5.74) is 1.01. The number of nitrogens with zero attached hydrogens (tertiary/aromatic N) is 7. The standard InChI is InChI=1S/C27H29N7O9S/c35-25(24-13-23(44)14-32(24)18-29-27(37)43-16-20-3-7-22(8-4-20)34(40)41)31-11-9-30(10-12-31)17-28-26(36)42-15-19-1-5-21(6-2-19)33(38)39/h1-8,17-18,23-24,44H,9-16H2/t23-,24-/m0/s1. The van der Waals surface area contributed by atoms with Crippen LogP contribution >= 0.6 is 12.6 Å². The molecule has 0 bridgehead atoms. The highest BCUT2D eigenvalue weighted by Gasteiger charge is 2.37. The summed E-state index contributed by atoms with van der Waals surface area (Å²) in [7, 11) is 0. The minimum atomic E-state index is -0.865. The number of carbonyl (C=O) groups is 3. The Morgan fingerprint density at radius 2 is 1.30 bits per heavy atom. The maximum Gasteiger partial charge on any atom is 0.435 e. The lowest BCUT2D eigenvalue weighted by Gasteiger charge is -2.36. The van der Waals surface area contributed by atoms with E-state index in [1.165, 1.54) is 61.2 Å². The number of benzene rings is 2. The van der Waals surface area contributed by atoms with E-state index in [-0.39, 0.29) is 35.7 Å². The van der Waals surface area contributed by atoms with Gasteiger partial charge in [0.15, 0.2) is 0 Å². The van der Waals surface area contributed by atoms with E-state index >= 15 is 0 Å². The van der Waals surface area contributed by atoms with Gasteiger partial charge in [-0.1, -0.05) is 0 Å². The topological polar surface area (TPSA) is 190 Å². The van der Waals surface area contributed by atoms with E-state index in [0.717, 1.165) is 0 Å². The van der Waals surface area contributed by atoms with Crippen LogP contribution in [0.1, 0.15) is 17.5 Å². The van der Waals surface area contributed by atoms with E-state index in [2.05, 4.69) is 22.6 Å². The Morgan fingerprint density at radius 1 is 0.818 bits per heavy atom. The number of hydrogen-bond acceptors (Lipinski definition) is 10. The minimum absolute atomic E-state index is 0.0617. The molecule has 3 amide bonds. The van der Waals surface area contributed by atoms with Gasteiger partial charge in [-0.05, 0) is 41.8 Å². The third-order valence-electron chi connectivity index (χ3n) is 6.89. The third-order valence-corrected chi connectivity index (χ3v) is 7.26. The maximum atomic E-state index is 13.3. The number of likely N-dealkylation sites (tertiary alicyclic amines) is 1. The van der Waals surface area contributed by atoms with E-state index in [1.54, 1.807) is 14.7 Å². The second-order valence-corrected chi connectivity index (χ2v) is 10.6. The van der Waals surface area contributed by atoms with Gasteiger partial charge >= 0.3 is 12.2 Å². The van der Waals surface area contributed by atoms with Crippen LogP contribution in [0.3, 0.4) is 0 Å². The van der Waals surface area contributed by atoms with Crippen molar-refractivity contribution in [1.29, 1.82) is 0 Å². The summed E-state index contributed by atoms with van der Waals surface area (Å²) < 4.78 is 10.2. The second kappa shape index (κ2) is 14.9. The number of carbonyl (C=O) groups excluding carboxylic acids is 3. The number of aliphatic imine (C=N–C) groups is 2. The van der Waals surface area contributed by atoms with Crippen LogP contribution in [0.15, 0.2) is 58.5 Å². The predicted octanol–water partition coefficient (Wildman–Crippen LogP) is 3.05. The third kappa shape index (κ3) is 8.97. The number of nitro groups is 2. The highest BCUT2D eigenvalue weighted by atomic mass is 32.1. The number of nitro benzene ring substituents is 2. The monoisotopic (exact) mass is 627 g/mol. The number of amides is 3. The number of rotatable bonds is 9. The van der Waals surface area contributed by atoms with Gasteiger partial charge in [0.05, 0.1) is 22.5 Å². The van der Waals surface area contributed by atoms with Gasteiger partial charge in [0, 0.05) is 62.2 Å². The van der Waals surface area contributed by atoms with Crippen molar-refractivity contribution in [1.82, 2.24) is 14.7 Å². The first-order valence-corrected chi connectivity index (χ1v) is 14.0. The van der Waals surface area contributed by atoms with Gasteiger partial charge in [-0.3, -0.25) is 25.0 Å². The molecular weight excluding hydrogens is 598 g/mol. The fraction of sp³-hybridized carbons (Fsp3) is 0.370. The molecule has 44 heavy (non-hydrogen) atoms. The molecule has 2 atom stereocenters. The largest absolute Gasteiger partial charge is 0.443 e. The zero-order chi connectivity index (χ0) is 31.6. The van der Waals surface area contributed by atoms with Gasteiger partial charge in [0.2, 0.25) is 5.91 Å². The van der Waals surface area contributed by atoms with E-state index in [4.69, 9.17) is 9.47 Å². The zero-order valence-electron chi connectivity index (χ0n) is 23.3. The molecule has 2 aliphatic heterocycles. The smallest absolute Gasteiger partial charge is 0.435 e. The van der Waals surface area contributed by atoms with Crippen molar-refractivity contribution in [2.24, 2.45) is 9.98 Å². The number of ether oxygens (including phenoxy) is 2. The van der Waals surface area contributed by atoms with E-state index in [1.807, 2.05) is 0 Å². The number of piperazine rings is 1. The van der Waals surface area contributed by atoms with Crippen molar-refractivity contribution >= 4 is 54.8 Å². The van der Waals surface area contributed by atoms with Crippen molar-refractivity contribution < 1.29 is 33.7 Å². The fourth-order valence-electron chi connectivity index (χ4n) is 4.52. The second-order valence-electron chi connectivity index (χ2n) is 9.91. The van der Waals surface area contributed by atoms with Crippen LogP contribution in [-0.4, -0.2) is 99.3 Å². The van der Waals surface area contributed by atoms with Crippen molar-refractivity contribution in [3.63, 3.8) is 0 Å². The lowest BCUT2D eigenvalue weighted by molar-refractivity contribution is -0.385. The highest BCUT2D eigenvalue weighted by molar-refractivity contribution is 7.81. The Hall–Kier alpha value is -5.06. The lowest BCUT2D eigenvalue weighted by atomic mass is 10.1. The Kier molecular flexibility index (Phi) is 10.8. The van der Waals surface area contributed by atoms with Crippen LogP contribution in [0.4, 0.5) is 21.0 Å². The SMILES string of the molecule is O=C(N=CN1CCN(C(=O)[C@@H]2C[C@H](S)CN2C=NC(=O)OCc2ccc([N+](=O)[O-])cc2)CC1)OCc1ccc([N+](=O)[O-])cc1.